The van der Waals surface area contributed by atoms with Crippen LogP contribution in [0, 0.1) is 0 Å². The molecule has 1 fully saturated rings. The summed E-state index contributed by atoms with van der Waals surface area (Å²) in [4.78, 5) is 4.04. The van der Waals surface area contributed by atoms with E-state index in [-0.39, 0.29) is 0 Å². The van der Waals surface area contributed by atoms with E-state index in [1.54, 1.807) is 0 Å². The summed E-state index contributed by atoms with van der Waals surface area (Å²) in [5.74, 6) is 1.22. The van der Waals surface area contributed by atoms with Crippen LogP contribution < -0.4 is 0 Å². The van der Waals surface area contributed by atoms with Gasteiger partial charge >= 0.3 is 0 Å². The fraction of sp³-hybridized carbons (Fsp3) is 0.714. The van der Waals surface area contributed by atoms with E-state index >= 15 is 0 Å². The highest BCUT2D eigenvalue weighted by molar-refractivity contribution is 7.77. The molecule has 0 atom stereocenters. The Balaban J connectivity index is 1.99. The Bertz CT molecular complexity index is 231. The Morgan fingerprint density at radius 3 is 2.83 bits per heavy atom. The van der Waals surface area contributed by atoms with Crippen molar-refractivity contribution in [3.05, 3.63) is 12.2 Å². The van der Waals surface area contributed by atoms with Gasteiger partial charge in [-0.1, -0.05) is 18.0 Å². The van der Waals surface area contributed by atoms with Crippen molar-refractivity contribution in [1.82, 2.24) is 14.4 Å². The van der Waals surface area contributed by atoms with E-state index in [0.29, 0.717) is 5.92 Å². The molecular formula is C7H11N3OS. The summed E-state index contributed by atoms with van der Waals surface area (Å²) in [5, 5.41) is 3.60. The van der Waals surface area contributed by atoms with Crippen LogP contribution in [-0.2, 0) is 0 Å². The van der Waals surface area contributed by atoms with E-state index in [1.165, 1.54) is 6.33 Å². The van der Waals surface area contributed by atoms with Gasteiger partial charge < -0.3 is 4.52 Å². The fourth-order valence-corrected chi connectivity index (χ4v) is 1.71. The SMILES string of the molecule is SN1CCC(c2ncno2)CC1. The Kier molecular flexibility index (Phi) is 2.32. The van der Waals surface area contributed by atoms with Crippen molar-refractivity contribution in [3.63, 3.8) is 0 Å². The van der Waals surface area contributed by atoms with Crippen molar-refractivity contribution in [2.45, 2.75) is 18.8 Å². The highest BCUT2D eigenvalue weighted by Crippen LogP contribution is 2.26. The van der Waals surface area contributed by atoms with Gasteiger partial charge in [0.15, 0.2) is 6.33 Å². The van der Waals surface area contributed by atoms with Crippen LogP contribution in [0.5, 0.6) is 0 Å². The van der Waals surface area contributed by atoms with E-state index in [1.807, 2.05) is 4.31 Å². The molecule has 4 nitrogen and oxygen atoms in total. The van der Waals surface area contributed by atoms with Gasteiger partial charge in [-0.15, -0.1) is 0 Å². The second-order valence-electron chi connectivity index (χ2n) is 3.01. The van der Waals surface area contributed by atoms with Crippen molar-refractivity contribution < 1.29 is 4.52 Å². The highest BCUT2D eigenvalue weighted by atomic mass is 32.1. The molecule has 1 saturated heterocycles. The molecule has 66 valence electrons. The predicted octanol–water partition coefficient (Wildman–Crippen LogP) is 1.09. The van der Waals surface area contributed by atoms with E-state index in [2.05, 4.69) is 23.0 Å². The van der Waals surface area contributed by atoms with Crippen molar-refractivity contribution in [1.29, 1.82) is 0 Å². The molecule has 5 heteroatoms. The molecule has 0 aliphatic carbocycles. The molecule has 12 heavy (non-hydrogen) atoms. The largest absolute Gasteiger partial charge is 0.339 e. The molecule has 1 aliphatic rings. The summed E-state index contributed by atoms with van der Waals surface area (Å²) >= 11 is 4.27. The first-order chi connectivity index (χ1) is 5.86. The van der Waals surface area contributed by atoms with Gasteiger partial charge in [0, 0.05) is 19.0 Å². The lowest BCUT2D eigenvalue weighted by atomic mass is 9.98. The first-order valence-corrected chi connectivity index (χ1v) is 4.46. The zero-order valence-electron chi connectivity index (χ0n) is 6.68. The minimum absolute atomic E-state index is 0.441. The summed E-state index contributed by atoms with van der Waals surface area (Å²) in [6.45, 7) is 1.99. The quantitative estimate of drug-likeness (QED) is 0.665. The predicted molar refractivity (Wildman–Crippen MR) is 46.8 cm³/mol. The van der Waals surface area contributed by atoms with Crippen LogP contribution >= 0.6 is 12.8 Å². The number of hydrogen-bond donors (Lipinski definition) is 1. The topological polar surface area (TPSA) is 42.2 Å². The minimum atomic E-state index is 0.441. The van der Waals surface area contributed by atoms with Crippen LogP contribution in [0.4, 0.5) is 0 Å². The Labute approximate surface area is 76.5 Å². The van der Waals surface area contributed by atoms with Crippen molar-refractivity contribution in [3.8, 4) is 0 Å². The van der Waals surface area contributed by atoms with Crippen LogP contribution in [-0.4, -0.2) is 27.5 Å². The van der Waals surface area contributed by atoms with Gasteiger partial charge in [0.2, 0.25) is 5.89 Å². The molecule has 0 aromatic carbocycles. The smallest absolute Gasteiger partial charge is 0.229 e. The maximum atomic E-state index is 5.00. The normalized spacial score (nSPS) is 21.4. The Morgan fingerprint density at radius 2 is 2.25 bits per heavy atom. The van der Waals surface area contributed by atoms with E-state index < -0.39 is 0 Å². The van der Waals surface area contributed by atoms with Crippen LogP contribution in [0.2, 0.25) is 0 Å². The van der Waals surface area contributed by atoms with Gasteiger partial charge in [-0.25, -0.2) is 0 Å². The van der Waals surface area contributed by atoms with E-state index in [4.69, 9.17) is 4.52 Å². The molecule has 0 bridgehead atoms. The molecule has 0 amide bonds. The third-order valence-corrected chi connectivity index (χ3v) is 2.60. The number of rotatable bonds is 1. The third-order valence-electron chi connectivity index (χ3n) is 2.20. The number of piperidine rings is 1. The molecular weight excluding hydrogens is 174 g/mol. The third kappa shape index (κ3) is 1.61. The monoisotopic (exact) mass is 185 g/mol. The number of thiol groups is 1. The van der Waals surface area contributed by atoms with Crippen molar-refractivity contribution in [2.75, 3.05) is 13.1 Å². The molecule has 1 aromatic rings. The maximum Gasteiger partial charge on any atom is 0.229 e. The molecule has 2 rings (SSSR count). The number of nitrogens with zero attached hydrogens (tertiary/aromatic N) is 3. The second kappa shape index (κ2) is 3.45. The highest BCUT2D eigenvalue weighted by Gasteiger charge is 2.22. The lowest BCUT2D eigenvalue weighted by Gasteiger charge is -2.25. The van der Waals surface area contributed by atoms with Crippen LogP contribution in [0.1, 0.15) is 24.7 Å². The summed E-state index contributed by atoms with van der Waals surface area (Å²) in [6.07, 6.45) is 3.58. The zero-order valence-corrected chi connectivity index (χ0v) is 7.57. The average molecular weight is 185 g/mol. The molecule has 0 N–H and O–H groups in total. The summed E-state index contributed by atoms with van der Waals surface area (Å²) in [5.41, 5.74) is 0. The lowest BCUT2D eigenvalue weighted by Crippen LogP contribution is -2.25. The average Bonchev–Trinajstić information content (AvgIpc) is 2.58. The van der Waals surface area contributed by atoms with Gasteiger partial charge in [0.05, 0.1) is 0 Å². The van der Waals surface area contributed by atoms with Crippen LogP contribution in [0.15, 0.2) is 10.9 Å². The Hall–Kier alpha value is -0.550. The van der Waals surface area contributed by atoms with Crippen molar-refractivity contribution >= 4 is 12.8 Å². The standard InChI is InChI=1S/C7H11N3OS/c12-10-3-1-6(2-4-10)7-8-5-9-11-7/h5-6,12H,1-4H2. The molecule has 0 spiro atoms. The first-order valence-electron chi connectivity index (χ1n) is 4.06. The summed E-state index contributed by atoms with van der Waals surface area (Å²) in [7, 11) is 0. The van der Waals surface area contributed by atoms with E-state index in [9.17, 15) is 0 Å². The fourth-order valence-electron chi connectivity index (χ4n) is 1.47. The number of hydrogen-bond acceptors (Lipinski definition) is 5. The maximum absolute atomic E-state index is 5.00. The van der Waals surface area contributed by atoms with Crippen LogP contribution in [0.25, 0.3) is 0 Å². The van der Waals surface area contributed by atoms with Gasteiger partial charge in [0.1, 0.15) is 0 Å². The van der Waals surface area contributed by atoms with Crippen LogP contribution in [0.3, 0.4) is 0 Å². The van der Waals surface area contributed by atoms with Gasteiger partial charge in [-0.2, -0.15) is 4.98 Å². The summed E-state index contributed by atoms with van der Waals surface area (Å²) in [6, 6.07) is 0. The van der Waals surface area contributed by atoms with E-state index in [0.717, 1.165) is 31.8 Å². The first kappa shape index (κ1) is 8.07. The molecule has 1 aromatic heterocycles. The van der Waals surface area contributed by atoms with Crippen molar-refractivity contribution in [2.24, 2.45) is 0 Å². The van der Waals surface area contributed by atoms with Gasteiger partial charge in [-0.05, 0) is 12.8 Å². The van der Waals surface area contributed by atoms with Gasteiger partial charge in [-0.3, -0.25) is 4.31 Å². The molecule has 2 heterocycles. The molecule has 0 radical (unpaired) electrons. The molecule has 1 aliphatic heterocycles. The second-order valence-corrected chi connectivity index (χ2v) is 3.57. The molecule has 0 saturated carbocycles. The minimum Gasteiger partial charge on any atom is -0.339 e. The van der Waals surface area contributed by atoms with Gasteiger partial charge in [0.25, 0.3) is 0 Å². The lowest BCUT2D eigenvalue weighted by molar-refractivity contribution is 0.284. The zero-order chi connectivity index (χ0) is 8.39. The number of aromatic nitrogens is 2. The Morgan fingerprint density at radius 1 is 1.50 bits per heavy atom. The molecule has 0 unspecified atom stereocenters. The summed E-state index contributed by atoms with van der Waals surface area (Å²) < 4.78 is 7.02.